The van der Waals surface area contributed by atoms with Crippen molar-refractivity contribution in [3.63, 3.8) is 0 Å². The van der Waals surface area contributed by atoms with Crippen LogP contribution in [0.5, 0.6) is 0 Å². The van der Waals surface area contributed by atoms with Crippen LogP contribution in [0.3, 0.4) is 0 Å². The third-order valence-electron chi connectivity index (χ3n) is 3.43. The zero-order valence-corrected chi connectivity index (χ0v) is 12.5. The highest BCUT2D eigenvalue weighted by molar-refractivity contribution is 7.89. The molecule has 18 heavy (non-hydrogen) atoms. The van der Waals surface area contributed by atoms with Crippen LogP contribution in [-0.4, -0.2) is 32.4 Å². The summed E-state index contributed by atoms with van der Waals surface area (Å²) >= 11 is 1.54. The molecule has 2 rings (SSSR count). The fourth-order valence-corrected chi connectivity index (χ4v) is 5.52. The lowest BCUT2D eigenvalue weighted by molar-refractivity contribution is 0.271. The second-order valence-electron chi connectivity index (χ2n) is 4.88. The van der Waals surface area contributed by atoms with Gasteiger partial charge in [0.05, 0.1) is 4.90 Å². The molecular weight excluding hydrogens is 268 g/mol. The van der Waals surface area contributed by atoms with Crippen LogP contribution in [0.15, 0.2) is 11.0 Å². The third kappa shape index (κ3) is 2.61. The van der Waals surface area contributed by atoms with Gasteiger partial charge in [0.1, 0.15) is 0 Å². The Morgan fingerprint density at radius 3 is 2.78 bits per heavy atom. The number of aryl methyl sites for hydroxylation is 2. The van der Waals surface area contributed by atoms with E-state index in [0.29, 0.717) is 30.4 Å². The number of nitrogens with two attached hydrogens (primary N) is 1. The van der Waals surface area contributed by atoms with E-state index in [-0.39, 0.29) is 0 Å². The first-order valence-corrected chi connectivity index (χ1v) is 8.48. The largest absolute Gasteiger partial charge is 0.330 e. The van der Waals surface area contributed by atoms with Gasteiger partial charge in [-0.1, -0.05) is 0 Å². The summed E-state index contributed by atoms with van der Waals surface area (Å²) in [6.07, 6.45) is 1.94. The molecule has 0 aromatic carbocycles. The van der Waals surface area contributed by atoms with Gasteiger partial charge in [0, 0.05) is 22.8 Å². The van der Waals surface area contributed by atoms with E-state index in [0.717, 1.165) is 22.6 Å². The van der Waals surface area contributed by atoms with Crippen LogP contribution in [-0.2, 0) is 10.0 Å². The van der Waals surface area contributed by atoms with Crippen LogP contribution in [0.1, 0.15) is 22.6 Å². The van der Waals surface area contributed by atoms with Crippen molar-refractivity contribution in [2.45, 2.75) is 31.6 Å². The second kappa shape index (κ2) is 5.28. The molecule has 0 spiro atoms. The molecule has 0 aliphatic carbocycles. The van der Waals surface area contributed by atoms with E-state index >= 15 is 0 Å². The third-order valence-corrected chi connectivity index (χ3v) is 6.51. The second-order valence-corrected chi connectivity index (χ2v) is 8.25. The van der Waals surface area contributed by atoms with E-state index < -0.39 is 10.0 Å². The van der Waals surface area contributed by atoms with Gasteiger partial charge in [-0.05, 0) is 45.2 Å². The summed E-state index contributed by atoms with van der Waals surface area (Å²) in [4.78, 5) is 2.39. The molecule has 1 saturated heterocycles. The van der Waals surface area contributed by atoms with Gasteiger partial charge in [-0.2, -0.15) is 4.31 Å². The molecule has 1 aliphatic heterocycles. The Morgan fingerprint density at radius 2 is 2.22 bits per heavy atom. The Balaban J connectivity index is 2.28. The molecule has 0 radical (unpaired) electrons. The van der Waals surface area contributed by atoms with E-state index in [1.54, 1.807) is 10.4 Å². The first kappa shape index (κ1) is 14.0. The van der Waals surface area contributed by atoms with Crippen molar-refractivity contribution < 1.29 is 8.42 Å². The van der Waals surface area contributed by atoms with Crippen LogP contribution in [0, 0.1) is 19.8 Å². The van der Waals surface area contributed by atoms with Crippen LogP contribution in [0.2, 0.25) is 0 Å². The molecule has 1 unspecified atom stereocenters. The maximum atomic E-state index is 12.6. The lowest BCUT2D eigenvalue weighted by Crippen LogP contribution is -2.42. The standard InChI is InChI=1S/C12H20N2O2S2/c1-9-6-12(10(2)17-9)18(15,16)14-5-3-4-11(7-13)8-14/h6,11H,3-5,7-8,13H2,1-2H3. The van der Waals surface area contributed by atoms with Crippen LogP contribution < -0.4 is 5.73 Å². The molecule has 2 heterocycles. The van der Waals surface area contributed by atoms with Crippen LogP contribution in [0.25, 0.3) is 0 Å². The topological polar surface area (TPSA) is 63.4 Å². The van der Waals surface area contributed by atoms with Gasteiger partial charge in [0.2, 0.25) is 10.0 Å². The highest BCUT2D eigenvalue weighted by Crippen LogP contribution is 2.30. The minimum absolute atomic E-state index is 0.300. The molecule has 0 bridgehead atoms. The fraction of sp³-hybridized carbons (Fsp3) is 0.667. The summed E-state index contributed by atoms with van der Waals surface area (Å²) in [5.41, 5.74) is 5.66. The predicted molar refractivity (Wildman–Crippen MR) is 74.3 cm³/mol. The highest BCUT2D eigenvalue weighted by Gasteiger charge is 2.31. The van der Waals surface area contributed by atoms with Crippen LogP contribution >= 0.6 is 11.3 Å². The molecule has 1 fully saturated rings. The van der Waals surface area contributed by atoms with Gasteiger partial charge >= 0.3 is 0 Å². The van der Waals surface area contributed by atoms with Crippen molar-refractivity contribution in [1.82, 2.24) is 4.31 Å². The van der Waals surface area contributed by atoms with Crippen molar-refractivity contribution in [3.05, 3.63) is 15.8 Å². The van der Waals surface area contributed by atoms with Gasteiger partial charge < -0.3 is 5.73 Å². The summed E-state index contributed by atoms with van der Waals surface area (Å²) in [7, 11) is -3.33. The lowest BCUT2D eigenvalue weighted by atomic mass is 10.0. The van der Waals surface area contributed by atoms with Gasteiger partial charge in [-0.15, -0.1) is 11.3 Å². The molecule has 1 aromatic rings. The molecule has 2 N–H and O–H groups in total. The number of rotatable bonds is 3. The minimum atomic E-state index is -3.33. The Labute approximate surface area is 113 Å². The average Bonchev–Trinajstić information content (AvgIpc) is 2.69. The number of nitrogens with zero attached hydrogens (tertiary/aromatic N) is 1. The molecule has 6 heteroatoms. The summed E-state index contributed by atoms with van der Waals surface area (Å²) in [5.74, 6) is 0.300. The zero-order chi connectivity index (χ0) is 13.3. The van der Waals surface area contributed by atoms with Gasteiger partial charge in [0.15, 0.2) is 0 Å². The number of hydrogen-bond acceptors (Lipinski definition) is 4. The number of piperidine rings is 1. The SMILES string of the molecule is Cc1cc(S(=O)(=O)N2CCCC(CN)C2)c(C)s1. The van der Waals surface area contributed by atoms with Gasteiger partial charge in [-0.25, -0.2) is 8.42 Å². The Kier molecular flexibility index (Phi) is 4.11. The zero-order valence-electron chi connectivity index (χ0n) is 10.8. The summed E-state index contributed by atoms with van der Waals surface area (Å²) in [6, 6.07) is 1.78. The van der Waals surface area contributed by atoms with Gasteiger partial charge in [-0.3, -0.25) is 0 Å². The summed E-state index contributed by atoms with van der Waals surface area (Å²) < 4.78 is 26.7. The molecule has 0 saturated carbocycles. The lowest BCUT2D eigenvalue weighted by Gasteiger charge is -2.31. The van der Waals surface area contributed by atoms with E-state index in [2.05, 4.69) is 0 Å². The molecule has 1 atom stereocenters. The quantitative estimate of drug-likeness (QED) is 0.921. The highest BCUT2D eigenvalue weighted by atomic mass is 32.2. The van der Waals surface area contributed by atoms with E-state index in [4.69, 9.17) is 5.73 Å². The number of sulfonamides is 1. The van der Waals surface area contributed by atoms with E-state index in [1.807, 2.05) is 13.8 Å². The minimum Gasteiger partial charge on any atom is -0.330 e. The maximum Gasteiger partial charge on any atom is 0.244 e. The molecular formula is C12H20N2O2S2. The molecule has 1 aliphatic rings. The van der Waals surface area contributed by atoms with Crippen molar-refractivity contribution in [3.8, 4) is 0 Å². The first-order valence-electron chi connectivity index (χ1n) is 6.22. The van der Waals surface area contributed by atoms with Crippen molar-refractivity contribution in [2.75, 3.05) is 19.6 Å². The molecule has 1 aromatic heterocycles. The smallest absolute Gasteiger partial charge is 0.244 e. The first-order chi connectivity index (χ1) is 8.45. The molecule has 4 nitrogen and oxygen atoms in total. The van der Waals surface area contributed by atoms with E-state index in [1.165, 1.54) is 11.3 Å². The van der Waals surface area contributed by atoms with Gasteiger partial charge in [0.25, 0.3) is 0 Å². The predicted octanol–water partition coefficient (Wildman–Crippen LogP) is 1.72. The van der Waals surface area contributed by atoms with Crippen LogP contribution in [0.4, 0.5) is 0 Å². The molecule has 0 amide bonds. The Hall–Kier alpha value is -0.430. The summed E-state index contributed by atoms with van der Waals surface area (Å²) in [5, 5.41) is 0. The Bertz CT molecular complexity index is 522. The van der Waals surface area contributed by atoms with Crippen molar-refractivity contribution in [2.24, 2.45) is 11.7 Å². The van der Waals surface area contributed by atoms with E-state index in [9.17, 15) is 8.42 Å². The average molecular weight is 288 g/mol. The number of thiophene rings is 1. The summed E-state index contributed by atoms with van der Waals surface area (Å²) in [6.45, 7) is 5.55. The Morgan fingerprint density at radius 1 is 1.50 bits per heavy atom. The molecule has 102 valence electrons. The van der Waals surface area contributed by atoms with Crippen molar-refractivity contribution >= 4 is 21.4 Å². The maximum absolute atomic E-state index is 12.6. The van der Waals surface area contributed by atoms with Crippen molar-refractivity contribution in [1.29, 1.82) is 0 Å². The normalized spacial score (nSPS) is 22.3. The fourth-order valence-electron chi connectivity index (χ4n) is 2.44. The monoisotopic (exact) mass is 288 g/mol. The number of hydrogen-bond donors (Lipinski definition) is 1.